The summed E-state index contributed by atoms with van der Waals surface area (Å²) >= 11 is 0. The van der Waals surface area contributed by atoms with E-state index in [0.29, 0.717) is 17.5 Å². The fourth-order valence-electron chi connectivity index (χ4n) is 12.8. The maximum absolute atomic E-state index is 5.39. The maximum atomic E-state index is 5.39. The van der Waals surface area contributed by atoms with Crippen LogP contribution in [0.3, 0.4) is 0 Å². The van der Waals surface area contributed by atoms with Crippen LogP contribution in [-0.4, -0.2) is 19.9 Å². The molecule has 0 saturated carbocycles. The van der Waals surface area contributed by atoms with Crippen LogP contribution in [0.1, 0.15) is 73.0 Å². The Morgan fingerprint density at radius 3 is 1.40 bits per heavy atom. The van der Waals surface area contributed by atoms with Crippen molar-refractivity contribution in [2.24, 2.45) is 0 Å². The number of rotatable bonds is 5. The molecule has 11 aromatic rings. The zero-order valence-corrected chi connectivity index (χ0v) is 38.3. The van der Waals surface area contributed by atoms with Crippen LogP contribution in [0.2, 0.25) is 0 Å². The Morgan fingerprint density at radius 1 is 0.314 bits per heavy atom. The van der Waals surface area contributed by atoms with Crippen molar-refractivity contribution in [1.82, 2.24) is 19.9 Å². The number of aryl methyl sites for hydroxylation is 1. The van der Waals surface area contributed by atoms with E-state index < -0.39 is 5.41 Å². The fourth-order valence-corrected chi connectivity index (χ4v) is 12.8. The quantitative estimate of drug-likeness (QED) is 0.173. The first-order valence-electron chi connectivity index (χ1n) is 24.3. The number of nitrogens with zero attached hydrogens (tertiary/aromatic N) is 4. The second-order valence-electron chi connectivity index (χ2n) is 19.3. The molecule has 0 fully saturated rings. The molecule has 5 aliphatic rings. The molecule has 5 aliphatic carbocycles. The Labute approximate surface area is 406 Å². The highest BCUT2D eigenvalue weighted by Crippen LogP contribution is 2.64. The van der Waals surface area contributed by atoms with Gasteiger partial charge in [0.05, 0.1) is 5.41 Å². The third-order valence-corrected chi connectivity index (χ3v) is 15.6. The second kappa shape index (κ2) is 14.8. The highest BCUT2D eigenvalue weighted by atomic mass is 15.0. The van der Waals surface area contributed by atoms with E-state index >= 15 is 0 Å². The van der Waals surface area contributed by atoms with Crippen LogP contribution in [0.4, 0.5) is 0 Å². The summed E-state index contributed by atoms with van der Waals surface area (Å²) in [6.45, 7) is 2.11. The van der Waals surface area contributed by atoms with Crippen LogP contribution in [0.5, 0.6) is 0 Å². The summed E-state index contributed by atoms with van der Waals surface area (Å²) in [6.07, 6.45) is 3.90. The van der Waals surface area contributed by atoms with Crippen LogP contribution < -0.4 is 0 Å². The molecule has 2 bridgehead atoms. The van der Waals surface area contributed by atoms with Gasteiger partial charge < -0.3 is 0 Å². The molecule has 2 aromatic heterocycles. The molecule has 0 saturated heterocycles. The van der Waals surface area contributed by atoms with Gasteiger partial charge in [-0.05, 0) is 125 Å². The van der Waals surface area contributed by atoms with Crippen LogP contribution in [0.15, 0.2) is 225 Å². The predicted octanol–water partition coefficient (Wildman–Crippen LogP) is 15.2. The summed E-state index contributed by atoms with van der Waals surface area (Å²) in [4.78, 5) is 20.4. The number of hydrogen-bond acceptors (Lipinski definition) is 4. The van der Waals surface area contributed by atoms with Gasteiger partial charge in [0.15, 0.2) is 17.5 Å². The molecule has 2 atom stereocenters. The zero-order valence-electron chi connectivity index (χ0n) is 38.3. The van der Waals surface area contributed by atoms with Crippen molar-refractivity contribution in [2.45, 2.75) is 24.2 Å². The van der Waals surface area contributed by atoms with Crippen LogP contribution in [0, 0.1) is 6.92 Å². The molecular formula is C66H42N4. The summed E-state index contributed by atoms with van der Waals surface area (Å²) in [5.74, 6) is 2.28. The highest BCUT2D eigenvalue weighted by Gasteiger charge is 2.52. The van der Waals surface area contributed by atoms with Gasteiger partial charge in [0, 0.05) is 46.5 Å². The van der Waals surface area contributed by atoms with Crippen molar-refractivity contribution in [3.8, 4) is 78.7 Å². The van der Waals surface area contributed by atoms with Crippen molar-refractivity contribution >= 4 is 0 Å². The minimum Gasteiger partial charge on any atom is -0.264 e. The van der Waals surface area contributed by atoms with Gasteiger partial charge in [-0.15, -0.1) is 0 Å². The molecular weight excluding hydrogens is 849 g/mol. The average molecular weight is 891 g/mol. The van der Waals surface area contributed by atoms with Gasteiger partial charge in [-0.2, -0.15) is 0 Å². The van der Waals surface area contributed by atoms with E-state index in [1.54, 1.807) is 0 Å². The molecule has 2 unspecified atom stereocenters. The fraction of sp³-hybridized carbons (Fsp3) is 0.0606. The molecule has 16 rings (SSSR count). The van der Waals surface area contributed by atoms with Gasteiger partial charge in [0.25, 0.3) is 0 Å². The third-order valence-electron chi connectivity index (χ3n) is 15.6. The lowest BCUT2D eigenvalue weighted by molar-refractivity contribution is 0.755. The third kappa shape index (κ3) is 5.47. The van der Waals surface area contributed by atoms with E-state index in [1.165, 1.54) is 94.6 Å². The largest absolute Gasteiger partial charge is 0.264 e. The van der Waals surface area contributed by atoms with Gasteiger partial charge in [-0.1, -0.05) is 194 Å². The molecule has 0 N–H and O–H groups in total. The van der Waals surface area contributed by atoms with Crippen LogP contribution in [0.25, 0.3) is 78.7 Å². The first kappa shape index (κ1) is 39.2. The molecule has 0 aliphatic heterocycles. The Balaban J connectivity index is 0.839. The SMILES string of the molecule is Cc1cncc(-c2ccc3c(c2)C2c4ccccc4C3c3cc(-c4ccc(-c5nc(-c6ccccc6)nc(-c6cccc7c6-c6ccccc6C76c7ccccc7-c7ccccc76)n5)cc4)ccc32)c1. The lowest BCUT2D eigenvalue weighted by atomic mass is 9.60. The minimum absolute atomic E-state index is 0.162. The van der Waals surface area contributed by atoms with Crippen LogP contribution in [-0.2, 0) is 5.41 Å². The van der Waals surface area contributed by atoms with E-state index in [0.717, 1.165) is 27.8 Å². The van der Waals surface area contributed by atoms with E-state index in [9.17, 15) is 0 Å². The molecule has 2 heterocycles. The summed E-state index contributed by atoms with van der Waals surface area (Å²) < 4.78 is 0. The molecule has 326 valence electrons. The average Bonchev–Trinajstić information content (AvgIpc) is 3.91. The molecule has 0 radical (unpaired) electrons. The summed E-state index contributed by atoms with van der Waals surface area (Å²) in [5.41, 5.74) is 26.8. The summed E-state index contributed by atoms with van der Waals surface area (Å²) in [7, 11) is 0. The lowest BCUT2D eigenvalue weighted by Gasteiger charge is -2.42. The monoisotopic (exact) mass is 890 g/mol. The van der Waals surface area contributed by atoms with Gasteiger partial charge in [0.1, 0.15) is 0 Å². The van der Waals surface area contributed by atoms with E-state index in [2.05, 4.69) is 206 Å². The van der Waals surface area contributed by atoms with Crippen molar-refractivity contribution in [1.29, 1.82) is 0 Å². The number of aromatic nitrogens is 4. The van der Waals surface area contributed by atoms with Gasteiger partial charge in [0.2, 0.25) is 0 Å². The number of benzene rings is 9. The highest BCUT2D eigenvalue weighted by molar-refractivity contribution is 5.99. The molecule has 1 spiro atoms. The Kier molecular flexibility index (Phi) is 8.29. The summed E-state index contributed by atoms with van der Waals surface area (Å²) in [6, 6.07) is 78.1. The van der Waals surface area contributed by atoms with Crippen molar-refractivity contribution in [3.63, 3.8) is 0 Å². The van der Waals surface area contributed by atoms with Crippen molar-refractivity contribution in [3.05, 3.63) is 286 Å². The molecule has 0 amide bonds. The minimum atomic E-state index is -0.463. The molecule has 70 heavy (non-hydrogen) atoms. The molecule has 4 nitrogen and oxygen atoms in total. The smallest absolute Gasteiger partial charge is 0.164 e. The van der Waals surface area contributed by atoms with Crippen molar-refractivity contribution in [2.75, 3.05) is 0 Å². The van der Waals surface area contributed by atoms with Crippen molar-refractivity contribution < 1.29 is 0 Å². The first-order valence-corrected chi connectivity index (χ1v) is 24.3. The van der Waals surface area contributed by atoms with Gasteiger partial charge in [-0.25, -0.2) is 15.0 Å². The molecule has 4 heteroatoms. The lowest BCUT2D eigenvalue weighted by Crippen LogP contribution is -2.27. The van der Waals surface area contributed by atoms with Gasteiger partial charge >= 0.3 is 0 Å². The normalized spacial score (nSPS) is 15.6. The summed E-state index contributed by atoms with van der Waals surface area (Å²) in [5, 5.41) is 0. The van der Waals surface area contributed by atoms with E-state index in [-0.39, 0.29) is 11.8 Å². The first-order chi connectivity index (χ1) is 34.6. The molecule has 9 aromatic carbocycles. The van der Waals surface area contributed by atoms with E-state index in [4.69, 9.17) is 15.0 Å². The second-order valence-corrected chi connectivity index (χ2v) is 19.3. The number of fused-ring (bicyclic) bond motifs is 10. The maximum Gasteiger partial charge on any atom is 0.164 e. The van der Waals surface area contributed by atoms with Crippen LogP contribution >= 0.6 is 0 Å². The van der Waals surface area contributed by atoms with Gasteiger partial charge in [-0.3, -0.25) is 4.98 Å². The standard InChI is InChI=1S/C66H42N4/c1-39-34-45(38-67-37-39)44-31-33-51-55(36-44)61-49-19-6-5-18-48(49)60(51)54-35-43(30-32-50(54)61)40-26-28-42(29-27-40)64-68-63(41-14-3-2-4-15-41)69-65(70-64)53-21-13-25-59-62(53)52-20-9-12-24-58(52)66(59)56-22-10-7-16-46(56)47-17-8-11-23-57(47)66/h2-38,60-61H,1H3. The van der Waals surface area contributed by atoms with E-state index in [1.807, 2.05) is 30.6 Å². The predicted molar refractivity (Wildman–Crippen MR) is 281 cm³/mol. The zero-order chi connectivity index (χ0) is 46.1. The Morgan fingerprint density at radius 2 is 0.771 bits per heavy atom. The topological polar surface area (TPSA) is 51.6 Å². The number of pyridine rings is 1. The Bertz CT molecular complexity index is 3940. The Hall–Kier alpha value is -8.86. The number of hydrogen-bond donors (Lipinski definition) is 0.